The van der Waals surface area contributed by atoms with Gasteiger partial charge in [-0.15, -0.1) is 0 Å². The normalized spacial score (nSPS) is 19.8. The van der Waals surface area contributed by atoms with Crippen LogP contribution in [0.2, 0.25) is 0 Å². The molecular weight excluding hydrogens is 262 g/mol. The van der Waals surface area contributed by atoms with Gasteiger partial charge in [0.15, 0.2) is 0 Å². The molecule has 104 valence electrons. The molecule has 0 aliphatic carbocycles. The Hall–Kier alpha value is -1.17. The van der Waals surface area contributed by atoms with Crippen LogP contribution in [0.4, 0.5) is 0 Å². The van der Waals surface area contributed by atoms with Crippen LogP contribution in [0.1, 0.15) is 19.4 Å². The number of hydrogen-bond donors (Lipinski definition) is 1. The van der Waals surface area contributed by atoms with Gasteiger partial charge >= 0.3 is 0 Å². The number of hydrogen-bond acceptors (Lipinski definition) is 3. The van der Waals surface area contributed by atoms with E-state index in [-0.39, 0.29) is 19.0 Å². The van der Waals surface area contributed by atoms with E-state index in [1.54, 1.807) is 6.08 Å². The molecule has 1 saturated heterocycles. The highest BCUT2D eigenvalue weighted by Gasteiger charge is 2.47. The Balaban J connectivity index is 2.04. The lowest BCUT2D eigenvalue weighted by atomic mass is 9.85. The maximum absolute atomic E-state index is 12.0. The molecule has 0 amide bonds. The molecular formula is C14H19NO3S. The lowest BCUT2D eigenvalue weighted by Crippen LogP contribution is -2.65. The van der Waals surface area contributed by atoms with Gasteiger partial charge in [0.1, 0.15) is 0 Å². The monoisotopic (exact) mass is 281 g/mol. The molecule has 0 spiro atoms. The van der Waals surface area contributed by atoms with Crippen molar-refractivity contribution in [3.63, 3.8) is 0 Å². The van der Waals surface area contributed by atoms with E-state index in [2.05, 4.69) is 0 Å². The third kappa shape index (κ3) is 3.05. The first kappa shape index (κ1) is 14.2. The number of β-amino-alcohol motifs (C(OH)–C–C–N with tert-alkyl or cyclic N) is 1. The van der Waals surface area contributed by atoms with Crippen LogP contribution in [0.15, 0.2) is 35.7 Å². The molecule has 0 atom stereocenters. The zero-order valence-corrected chi connectivity index (χ0v) is 12.0. The zero-order chi connectivity index (χ0) is 14.1. The number of sulfonamides is 1. The molecule has 0 aromatic heterocycles. The predicted molar refractivity (Wildman–Crippen MR) is 75.8 cm³/mol. The Morgan fingerprint density at radius 2 is 1.84 bits per heavy atom. The van der Waals surface area contributed by atoms with Crippen LogP contribution in [0, 0.1) is 5.92 Å². The van der Waals surface area contributed by atoms with Crippen molar-refractivity contribution in [2.24, 2.45) is 5.92 Å². The molecule has 2 rings (SSSR count). The van der Waals surface area contributed by atoms with Gasteiger partial charge in [-0.3, -0.25) is 0 Å². The average molecular weight is 281 g/mol. The van der Waals surface area contributed by atoms with Gasteiger partial charge in [-0.2, -0.15) is 4.31 Å². The third-order valence-electron chi connectivity index (χ3n) is 3.57. The first-order chi connectivity index (χ1) is 8.83. The molecule has 0 bridgehead atoms. The Morgan fingerprint density at radius 3 is 2.37 bits per heavy atom. The second-order valence-corrected chi connectivity index (χ2v) is 7.10. The maximum Gasteiger partial charge on any atom is 0.236 e. The van der Waals surface area contributed by atoms with Crippen molar-refractivity contribution in [3.05, 3.63) is 41.3 Å². The van der Waals surface area contributed by atoms with Crippen LogP contribution >= 0.6 is 0 Å². The molecule has 4 nitrogen and oxygen atoms in total. The molecule has 1 fully saturated rings. The van der Waals surface area contributed by atoms with Crippen LogP contribution in [0.25, 0.3) is 6.08 Å². The van der Waals surface area contributed by atoms with Crippen molar-refractivity contribution in [1.29, 1.82) is 0 Å². The fourth-order valence-electron chi connectivity index (χ4n) is 1.92. The lowest BCUT2D eigenvalue weighted by molar-refractivity contribution is -0.0928. The zero-order valence-electron chi connectivity index (χ0n) is 11.2. The standard InChI is InChI=1S/C14H19NO3S/c1-12(2)14(16)10-15(11-14)19(17,18)9-8-13-6-4-3-5-7-13/h3-9,12,16H,10-11H2,1-2H3. The molecule has 1 aliphatic rings. The highest BCUT2D eigenvalue weighted by Crippen LogP contribution is 2.31. The summed E-state index contributed by atoms with van der Waals surface area (Å²) in [6.45, 7) is 4.13. The molecule has 1 aromatic rings. The van der Waals surface area contributed by atoms with Crippen LogP contribution in [-0.4, -0.2) is 36.5 Å². The van der Waals surface area contributed by atoms with Crippen molar-refractivity contribution < 1.29 is 13.5 Å². The van der Waals surface area contributed by atoms with Crippen molar-refractivity contribution in [2.45, 2.75) is 19.4 Å². The topological polar surface area (TPSA) is 57.6 Å². The first-order valence-electron chi connectivity index (χ1n) is 6.29. The van der Waals surface area contributed by atoms with Gasteiger partial charge in [0.2, 0.25) is 10.0 Å². The largest absolute Gasteiger partial charge is 0.387 e. The van der Waals surface area contributed by atoms with Gasteiger partial charge in [-0.25, -0.2) is 8.42 Å². The van der Waals surface area contributed by atoms with Crippen LogP contribution in [0.5, 0.6) is 0 Å². The fraction of sp³-hybridized carbons (Fsp3) is 0.429. The molecule has 0 radical (unpaired) electrons. The molecule has 1 aliphatic heterocycles. The van der Waals surface area contributed by atoms with Gasteiger partial charge in [0, 0.05) is 18.5 Å². The third-order valence-corrected chi connectivity index (χ3v) is 5.02. The van der Waals surface area contributed by atoms with E-state index in [1.165, 1.54) is 9.71 Å². The molecule has 0 unspecified atom stereocenters. The van der Waals surface area contributed by atoms with Gasteiger partial charge in [0.25, 0.3) is 0 Å². The van der Waals surface area contributed by atoms with E-state index in [0.29, 0.717) is 0 Å². The number of rotatable bonds is 4. The van der Waals surface area contributed by atoms with Crippen LogP contribution in [0.3, 0.4) is 0 Å². The Labute approximate surface area is 114 Å². The SMILES string of the molecule is CC(C)C1(O)CN(S(=O)(=O)C=Cc2ccccc2)C1. The quantitative estimate of drug-likeness (QED) is 0.913. The number of benzene rings is 1. The summed E-state index contributed by atoms with van der Waals surface area (Å²) in [6.07, 6.45) is 1.57. The van der Waals surface area contributed by atoms with E-state index in [1.807, 2.05) is 44.2 Å². The highest BCUT2D eigenvalue weighted by molar-refractivity contribution is 7.92. The summed E-state index contributed by atoms with van der Waals surface area (Å²) in [5.41, 5.74) is -0.0427. The van der Waals surface area contributed by atoms with Gasteiger partial charge in [-0.1, -0.05) is 44.2 Å². The fourth-order valence-corrected chi connectivity index (χ4v) is 3.23. The summed E-state index contributed by atoms with van der Waals surface area (Å²) >= 11 is 0. The van der Waals surface area contributed by atoms with Crippen molar-refractivity contribution in [1.82, 2.24) is 4.31 Å². The lowest BCUT2D eigenvalue weighted by Gasteiger charge is -2.47. The minimum atomic E-state index is -3.43. The van der Waals surface area contributed by atoms with Crippen molar-refractivity contribution >= 4 is 16.1 Å². The van der Waals surface area contributed by atoms with E-state index in [9.17, 15) is 13.5 Å². The summed E-state index contributed by atoms with van der Waals surface area (Å²) in [6, 6.07) is 9.27. The summed E-state index contributed by atoms with van der Waals surface area (Å²) in [5, 5.41) is 11.3. The predicted octanol–water partition coefficient (Wildman–Crippen LogP) is 1.69. The van der Waals surface area contributed by atoms with Gasteiger partial charge < -0.3 is 5.11 Å². The smallest absolute Gasteiger partial charge is 0.236 e. The first-order valence-corrected chi connectivity index (χ1v) is 7.79. The minimum absolute atomic E-state index is 0.0528. The second-order valence-electron chi connectivity index (χ2n) is 5.28. The van der Waals surface area contributed by atoms with Gasteiger partial charge in [0.05, 0.1) is 5.60 Å². The summed E-state index contributed by atoms with van der Waals surface area (Å²) < 4.78 is 25.3. The van der Waals surface area contributed by atoms with E-state index < -0.39 is 15.6 Å². The molecule has 0 saturated carbocycles. The summed E-state index contributed by atoms with van der Waals surface area (Å²) in [4.78, 5) is 0. The molecule has 1 aromatic carbocycles. The van der Waals surface area contributed by atoms with Crippen LogP contribution < -0.4 is 0 Å². The number of nitrogens with zero attached hydrogens (tertiary/aromatic N) is 1. The highest BCUT2D eigenvalue weighted by atomic mass is 32.2. The summed E-state index contributed by atoms with van der Waals surface area (Å²) in [5.74, 6) is 0.0528. The van der Waals surface area contributed by atoms with E-state index >= 15 is 0 Å². The Kier molecular flexibility index (Phi) is 3.80. The Bertz CT molecular complexity index is 558. The van der Waals surface area contributed by atoms with E-state index in [0.717, 1.165) is 5.56 Å². The maximum atomic E-state index is 12.0. The average Bonchev–Trinajstić information content (AvgIpc) is 2.33. The molecule has 1 heterocycles. The Morgan fingerprint density at radius 1 is 1.26 bits per heavy atom. The molecule has 1 N–H and O–H groups in total. The number of aliphatic hydroxyl groups is 1. The van der Waals surface area contributed by atoms with Crippen LogP contribution in [-0.2, 0) is 10.0 Å². The molecule has 19 heavy (non-hydrogen) atoms. The van der Waals surface area contributed by atoms with E-state index in [4.69, 9.17) is 0 Å². The minimum Gasteiger partial charge on any atom is -0.387 e. The summed E-state index contributed by atoms with van der Waals surface area (Å²) in [7, 11) is -3.43. The molecule has 5 heteroatoms. The van der Waals surface area contributed by atoms with Crippen molar-refractivity contribution in [3.8, 4) is 0 Å². The van der Waals surface area contributed by atoms with Gasteiger partial charge in [-0.05, 0) is 17.6 Å². The second kappa shape index (κ2) is 5.07. The van der Waals surface area contributed by atoms with Crippen molar-refractivity contribution in [2.75, 3.05) is 13.1 Å².